The van der Waals surface area contributed by atoms with Gasteiger partial charge in [0.2, 0.25) is 0 Å². The number of aliphatic imine (C=N–C) groups is 1. The van der Waals surface area contributed by atoms with Crippen LogP contribution in [0.1, 0.15) is 32.3 Å². The molecular formula is C13H19N3. The minimum Gasteiger partial charge on any atom is -0.312 e. The highest BCUT2D eigenvalue weighted by Crippen LogP contribution is 2.48. The van der Waals surface area contributed by atoms with E-state index in [1.165, 1.54) is 5.56 Å². The van der Waals surface area contributed by atoms with Crippen molar-refractivity contribution >= 4 is 5.84 Å². The van der Waals surface area contributed by atoms with Gasteiger partial charge in [-0.05, 0) is 32.3 Å². The summed E-state index contributed by atoms with van der Waals surface area (Å²) in [6.45, 7) is 4.14. The molecule has 0 aromatic heterocycles. The van der Waals surface area contributed by atoms with Crippen molar-refractivity contribution in [3.63, 3.8) is 0 Å². The number of nitrogens with two attached hydrogens (primary N) is 1. The van der Waals surface area contributed by atoms with Crippen molar-refractivity contribution in [2.75, 3.05) is 0 Å². The Labute approximate surface area is 96.7 Å². The van der Waals surface area contributed by atoms with Crippen LogP contribution in [0.3, 0.4) is 0 Å². The number of nitrogens with zero attached hydrogens (tertiary/aromatic N) is 1. The van der Waals surface area contributed by atoms with Gasteiger partial charge in [-0.1, -0.05) is 30.3 Å². The fourth-order valence-electron chi connectivity index (χ4n) is 2.10. The zero-order valence-corrected chi connectivity index (χ0v) is 9.90. The first-order valence-corrected chi connectivity index (χ1v) is 5.79. The largest absolute Gasteiger partial charge is 0.312 e. The van der Waals surface area contributed by atoms with E-state index in [9.17, 15) is 0 Å². The fourth-order valence-corrected chi connectivity index (χ4v) is 2.10. The van der Waals surface area contributed by atoms with E-state index in [0.29, 0.717) is 0 Å². The lowest BCUT2D eigenvalue weighted by molar-refractivity contribution is 0.773. The minimum absolute atomic E-state index is 0.0558. The zero-order valence-electron chi connectivity index (χ0n) is 9.90. The first kappa shape index (κ1) is 11.1. The predicted molar refractivity (Wildman–Crippen MR) is 67.2 cm³/mol. The van der Waals surface area contributed by atoms with E-state index in [2.05, 4.69) is 48.5 Å². The van der Waals surface area contributed by atoms with Crippen molar-refractivity contribution in [1.29, 1.82) is 0 Å². The van der Waals surface area contributed by atoms with Crippen molar-refractivity contribution in [1.82, 2.24) is 5.43 Å². The van der Waals surface area contributed by atoms with Crippen molar-refractivity contribution in [3.05, 3.63) is 35.9 Å². The van der Waals surface area contributed by atoms with Crippen molar-refractivity contribution < 1.29 is 0 Å². The third-order valence-electron chi connectivity index (χ3n) is 3.05. The number of nitrogens with one attached hydrogen (secondary N) is 1. The van der Waals surface area contributed by atoms with Crippen LogP contribution >= 0.6 is 0 Å². The van der Waals surface area contributed by atoms with Crippen LogP contribution < -0.4 is 11.3 Å². The van der Waals surface area contributed by atoms with Gasteiger partial charge in [-0.15, -0.1) is 0 Å². The molecule has 0 heterocycles. The molecule has 0 atom stereocenters. The highest BCUT2D eigenvalue weighted by atomic mass is 15.3. The Hall–Kier alpha value is -1.35. The molecule has 0 unspecified atom stereocenters. The lowest BCUT2D eigenvalue weighted by Crippen LogP contribution is -2.40. The van der Waals surface area contributed by atoms with Crippen LogP contribution in [-0.2, 0) is 5.41 Å². The molecule has 0 bridgehead atoms. The number of hydrogen-bond donors (Lipinski definition) is 2. The van der Waals surface area contributed by atoms with Gasteiger partial charge in [-0.2, -0.15) is 0 Å². The molecule has 2 rings (SSSR count). The summed E-state index contributed by atoms with van der Waals surface area (Å²) in [5.74, 6) is 6.53. The van der Waals surface area contributed by atoms with Gasteiger partial charge in [0.15, 0.2) is 0 Å². The molecule has 86 valence electrons. The standard InChI is InChI=1S/C13H19N3/c1-10(2)15-12(16-14)13(8-9-13)11-6-4-3-5-7-11/h3-7,10H,8-9,14H2,1-2H3,(H,15,16). The van der Waals surface area contributed by atoms with E-state index in [1.54, 1.807) is 0 Å². The van der Waals surface area contributed by atoms with Crippen molar-refractivity contribution in [2.45, 2.75) is 38.1 Å². The second-order valence-electron chi connectivity index (χ2n) is 4.66. The summed E-state index contributed by atoms with van der Waals surface area (Å²) in [6, 6.07) is 10.7. The molecule has 3 nitrogen and oxygen atoms in total. The smallest absolute Gasteiger partial charge is 0.121 e. The van der Waals surface area contributed by atoms with Gasteiger partial charge < -0.3 is 5.43 Å². The van der Waals surface area contributed by atoms with Crippen LogP contribution in [0.15, 0.2) is 35.3 Å². The molecule has 1 aromatic carbocycles. The second kappa shape index (κ2) is 4.26. The normalized spacial score (nSPS) is 18.6. The maximum Gasteiger partial charge on any atom is 0.121 e. The molecule has 16 heavy (non-hydrogen) atoms. The van der Waals surface area contributed by atoms with Crippen LogP contribution in [0.5, 0.6) is 0 Å². The van der Waals surface area contributed by atoms with E-state index in [4.69, 9.17) is 5.84 Å². The van der Waals surface area contributed by atoms with Crippen LogP contribution in [0.4, 0.5) is 0 Å². The third-order valence-corrected chi connectivity index (χ3v) is 3.05. The van der Waals surface area contributed by atoms with Crippen LogP contribution in [0.2, 0.25) is 0 Å². The number of amidine groups is 1. The lowest BCUT2D eigenvalue weighted by Gasteiger charge is -2.19. The second-order valence-corrected chi connectivity index (χ2v) is 4.66. The number of hydrazine groups is 1. The first-order chi connectivity index (χ1) is 7.69. The summed E-state index contributed by atoms with van der Waals surface area (Å²) in [5, 5.41) is 0. The van der Waals surface area contributed by atoms with Gasteiger partial charge in [0.25, 0.3) is 0 Å². The molecule has 0 radical (unpaired) electrons. The van der Waals surface area contributed by atoms with E-state index >= 15 is 0 Å². The maximum absolute atomic E-state index is 5.60. The maximum atomic E-state index is 5.60. The van der Waals surface area contributed by atoms with E-state index < -0.39 is 0 Å². The molecule has 0 amide bonds. The van der Waals surface area contributed by atoms with Crippen LogP contribution in [0.25, 0.3) is 0 Å². The van der Waals surface area contributed by atoms with E-state index in [0.717, 1.165) is 18.7 Å². The molecule has 1 fully saturated rings. The van der Waals surface area contributed by atoms with E-state index in [1.807, 2.05) is 6.07 Å². The summed E-state index contributed by atoms with van der Waals surface area (Å²) in [4.78, 5) is 4.59. The molecular weight excluding hydrogens is 198 g/mol. The van der Waals surface area contributed by atoms with E-state index in [-0.39, 0.29) is 11.5 Å². The Morgan fingerprint density at radius 3 is 2.38 bits per heavy atom. The zero-order chi connectivity index (χ0) is 11.6. The predicted octanol–water partition coefficient (Wildman–Crippen LogP) is 1.99. The Kier molecular flexibility index (Phi) is 2.97. The highest BCUT2D eigenvalue weighted by Gasteiger charge is 2.49. The van der Waals surface area contributed by atoms with Crippen molar-refractivity contribution in [3.8, 4) is 0 Å². The molecule has 0 saturated heterocycles. The molecule has 1 aliphatic rings. The van der Waals surface area contributed by atoms with Gasteiger partial charge in [-0.25, -0.2) is 5.84 Å². The SMILES string of the molecule is CC(C)N=C(NN)C1(c2ccccc2)CC1. The minimum atomic E-state index is 0.0558. The molecule has 3 N–H and O–H groups in total. The Morgan fingerprint density at radius 1 is 1.31 bits per heavy atom. The van der Waals surface area contributed by atoms with Gasteiger partial charge in [0.05, 0.1) is 5.41 Å². The molecule has 3 heteroatoms. The summed E-state index contributed by atoms with van der Waals surface area (Å²) in [5.41, 5.74) is 4.15. The van der Waals surface area contributed by atoms with Gasteiger partial charge in [-0.3, -0.25) is 4.99 Å². The van der Waals surface area contributed by atoms with Gasteiger partial charge >= 0.3 is 0 Å². The third kappa shape index (κ3) is 1.95. The topological polar surface area (TPSA) is 50.4 Å². The molecule has 0 aliphatic heterocycles. The molecule has 1 aromatic rings. The average molecular weight is 217 g/mol. The summed E-state index contributed by atoms with van der Waals surface area (Å²) in [6.07, 6.45) is 2.26. The summed E-state index contributed by atoms with van der Waals surface area (Å²) >= 11 is 0. The molecule has 1 aliphatic carbocycles. The Morgan fingerprint density at radius 2 is 1.94 bits per heavy atom. The summed E-state index contributed by atoms with van der Waals surface area (Å²) < 4.78 is 0. The number of benzene rings is 1. The van der Waals surface area contributed by atoms with Crippen molar-refractivity contribution in [2.24, 2.45) is 10.8 Å². The quantitative estimate of drug-likeness (QED) is 0.352. The Bertz CT molecular complexity index is 377. The summed E-state index contributed by atoms with van der Waals surface area (Å²) in [7, 11) is 0. The highest BCUT2D eigenvalue weighted by molar-refractivity contribution is 5.95. The fraction of sp³-hybridized carbons (Fsp3) is 0.462. The van der Waals surface area contributed by atoms with Gasteiger partial charge in [0.1, 0.15) is 5.84 Å². The van der Waals surface area contributed by atoms with Crippen LogP contribution in [-0.4, -0.2) is 11.9 Å². The monoisotopic (exact) mass is 217 g/mol. The first-order valence-electron chi connectivity index (χ1n) is 5.79. The lowest BCUT2D eigenvalue weighted by atomic mass is 9.94. The Balaban J connectivity index is 2.32. The average Bonchev–Trinajstić information content (AvgIpc) is 3.08. The van der Waals surface area contributed by atoms with Crippen LogP contribution in [0, 0.1) is 0 Å². The number of rotatable bonds is 3. The molecule has 1 saturated carbocycles. The number of hydrogen-bond acceptors (Lipinski definition) is 2. The molecule has 0 spiro atoms. The van der Waals surface area contributed by atoms with Gasteiger partial charge in [0, 0.05) is 6.04 Å².